The van der Waals surface area contributed by atoms with Crippen LogP contribution < -0.4 is 10.6 Å². The number of Topliss-reactive ketones (excluding diaryl/α,β-unsaturated/α-hetero) is 1. The fourth-order valence-corrected chi connectivity index (χ4v) is 4.92. The topological polar surface area (TPSA) is 75.3 Å². The molecule has 0 radical (unpaired) electrons. The maximum absolute atomic E-state index is 13.2. The molecule has 4 rings (SSSR count). The summed E-state index contributed by atoms with van der Waals surface area (Å²) in [5.74, 6) is -0.764. The van der Waals surface area contributed by atoms with Crippen molar-refractivity contribution in [2.24, 2.45) is 0 Å². The molecule has 0 heterocycles. The number of carbonyl (C=O) groups is 3. The number of halogens is 2. The molecule has 0 saturated heterocycles. The van der Waals surface area contributed by atoms with Crippen molar-refractivity contribution in [1.29, 1.82) is 0 Å². The maximum atomic E-state index is 13.2. The van der Waals surface area contributed by atoms with Crippen LogP contribution in [0.3, 0.4) is 0 Å². The first-order valence-electron chi connectivity index (χ1n) is 12.0. The van der Waals surface area contributed by atoms with Gasteiger partial charge in [0.15, 0.2) is 5.78 Å². The Morgan fingerprint density at radius 3 is 2.23 bits per heavy atom. The first-order chi connectivity index (χ1) is 18.8. The highest BCUT2D eigenvalue weighted by atomic mass is 35.5. The molecule has 4 aromatic carbocycles. The highest BCUT2D eigenvalue weighted by Crippen LogP contribution is 2.26. The Hall–Kier alpha value is -3.84. The van der Waals surface area contributed by atoms with Gasteiger partial charge in [0.1, 0.15) is 5.70 Å². The number of hydrogen-bond donors (Lipinski definition) is 2. The van der Waals surface area contributed by atoms with Gasteiger partial charge < -0.3 is 10.6 Å². The van der Waals surface area contributed by atoms with Crippen molar-refractivity contribution in [1.82, 2.24) is 5.32 Å². The molecule has 0 aliphatic rings. The Morgan fingerprint density at radius 2 is 1.54 bits per heavy atom. The van der Waals surface area contributed by atoms with E-state index in [1.54, 1.807) is 60.7 Å². The lowest BCUT2D eigenvalue weighted by Gasteiger charge is -2.12. The number of aryl methyl sites for hydroxylation is 1. The lowest BCUT2D eigenvalue weighted by molar-refractivity contribution is -0.113. The molecule has 196 valence electrons. The highest BCUT2D eigenvalue weighted by molar-refractivity contribution is 8.00. The second kappa shape index (κ2) is 13.3. The number of amides is 2. The van der Waals surface area contributed by atoms with Crippen LogP contribution in [0.4, 0.5) is 5.69 Å². The van der Waals surface area contributed by atoms with Crippen LogP contribution in [0.1, 0.15) is 31.8 Å². The zero-order chi connectivity index (χ0) is 27.8. The summed E-state index contributed by atoms with van der Waals surface area (Å²) in [4.78, 5) is 39.5. The number of thioether (sulfide) groups is 1. The molecular weight excluding hydrogens is 551 g/mol. The summed E-state index contributed by atoms with van der Waals surface area (Å²) >= 11 is 13.4. The van der Waals surface area contributed by atoms with Gasteiger partial charge in [0.25, 0.3) is 11.8 Å². The average Bonchev–Trinajstić information content (AvgIpc) is 2.93. The Morgan fingerprint density at radius 1 is 0.846 bits per heavy atom. The van der Waals surface area contributed by atoms with E-state index < -0.39 is 5.91 Å². The van der Waals surface area contributed by atoms with Gasteiger partial charge in [0.2, 0.25) is 0 Å². The summed E-state index contributed by atoms with van der Waals surface area (Å²) in [5.41, 5.74) is 3.30. The molecule has 0 unspecified atom stereocenters. The predicted octanol–water partition coefficient (Wildman–Crippen LogP) is 7.69. The first-order valence-corrected chi connectivity index (χ1v) is 13.7. The third-order valence-electron chi connectivity index (χ3n) is 5.73. The van der Waals surface area contributed by atoms with Crippen molar-refractivity contribution in [3.05, 3.63) is 135 Å². The minimum Gasteiger partial charge on any atom is -0.321 e. The van der Waals surface area contributed by atoms with E-state index in [4.69, 9.17) is 23.2 Å². The van der Waals surface area contributed by atoms with Crippen LogP contribution in [-0.2, 0) is 4.79 Å². The van der Waals surface area contributed by atoms with E-state index in [1.807, 2.05) is 49.4 Å². The fourth-order valence-electron chi connectivity index (χ4n) is 3.62. The molecule has 0 bridgehead atoms. The summed E-state index contributed by atoms with van der Waals surface area (Å²) < 4.78 is 0. The molecule has 39 heavy (non-hydrogen) atoms. The van der Waals surface area contributed by atoms with Gasteiger partial charge in [-0.2, -0.15) is 0 Å². The molecule has 0 spiro atoms. The Balaban J connectivity index is 1.45. The number of hydrogen-bond acceptors (Lipinski definition) is 4. The third-order valence-corrected chi connectivity index (χ3v) is 7.29. The highest BCUT2D eigenvalue weighted by Gasteiger charge is 2.16. The zero-order valence-electron chi connectivity index (χ0n) is 20.9. The largest absolute Gasteiger partial charge is 0.321 e. The van der Waals surface area contributed by atoms with Gasteiger partial charge in [0, 0.05) is 26.7 Å². The van der Waals surface area contributed by atoms with Crippen LogP contribution in [0.15, 0.2) is 108 Å². The van der Waals surface area contributed by atoms with E-state index in [-0.39, 0.29) is 23.1 Å². The number of benzene rings is 4. The number of nitrogens with one attached hydrogen (secondary N) is 2. The van der Waals surface area contributed by atoms with Gasteiger partial charge in [-0.1, -0.05) is 65.7 Å². The van der Waals surface area contributed by atoms with Crippen molar-refractivity contribution in [2.45, 2.75) is 11.8 Å². The van der Waals surface area contributed by atoms with Crippen molar-refractivity contribution in [2.75, 3.05) is 11.1 Å². The van der Waals surface area contributed by atoms with Crippen molar-refractivity contribution >= 4 is 64.3 Å². The normalized spacial score (nSPS) is 11.1. The Bertz CT molecular complexity index is 1540. The number of carbonyl (C=O) groups excluding carboxylic acids is 3. The minimum absolute atomic E-state index is 0.112. The number of anilines is 1. The predicted molar refractivity (Wildman–Crippen MR) is 160 cm³/mol. The van der Waals surface area contributed by atoms with Gasteiger partial charge in [-0.25, -0.2) is 0 Å². The van der Waals surface area contributed by atoms with Crippen LogP contribution in [0.2, 0.25) is 10.0 Å². The smallest absolute Gasteiger partial charge is 0.272 e. The molecule has 0 fully saturated rings. The molecule has 0 aliphatic heterocycles. The van der Waals surface area contributed by atoms with E-state index in [9.17, 15) is 14.4 Å². The van der Waals surface area contributed by atoms with Crippen molar-refractivity contribution in [3.8, 4) is 0 Å². The lowest BCUT2D eigenvalue weighted by atomic mass is 10.1. The van der Waals surface area contributed by atoms with Crippen molar-refractivity contribution in [3.63, 3.8) is 0 Å². The average molecular weight is 576 g/mol. The maximum Gasteiger partial charge on any atom is 0.272 e. The molecule has 5 nitrogen and oxygen atoms in total. The standard InChI is InChI=1S/C31H24Cl2N2O3S/c1-20-7-5-6-10-22(20)17-28(35-30(37)21-8-3-2-4-9-21)31(38)34-24-12-14-25(15-13-24)39-19-29(36)26-16-11-23(32)18-27(26)33/h2-18H,19H2,1H3,(H,34,38)(H,35,37)/b28-17-. The van der Waals surface area contributed by atoms with E-state index in [0.717, 1.165) is 16.0 Å². The molecule has 0 saturated carbocycles. The van der Waals surface area contributed by atoms with Crippen LogP contribution in [0, 0.1) is 6.92 Å². The van der Waals surface area contributed by atoms with Crippen LogP contribution in [0.5, 0.6) is 0 Å². The molecule has 8 heteroatoms. The first kappa shape index (κ1) is 28.2. The van der Waals surface area contributed by atoms with E-state index in [1.165, 1.54) is 11.8 Å². The second-order valence-corrected chi connectivity index (χ2v) is 10.4. The van der Waals surface area contributed by atoms with Gasteiger partial charge in [0.05, 0.1) is 10.8 Å². The van der Waals surface area contributed by atoms with Gasteiger partial charge in [-0.05, 0) is 78.7 Å². The van der Waals surface area contributed by atoms with Gasteiger partial charge in [-0.3, -0.25) is 14.4 Å². The third kappa shape index (κ3) is 7.83. The zero-order valence-corrected chi connectivity index (χ0v) is 23.2. The van der Waals surface area contributed by atoms with Crippen LogP contribution >= 0.6 is 35.0 Å². The molecule has 0 atom stereocenters. The summed E-state index contributed by atoms with van der Waals surface area (Å²) in [7, 11) is 0. The summed E-state index contributed by atoms with van der Waals surface area (Å²) in [6.45, 7) is 1.93. The molecule has 0 aliphatic carbocycles. The molecule has 4 aromatic rings. The van der Waals surface area contributed by atoms with Gasteiger partial charge >= 0.3 is 0 Å². The molecule has 2 amide bonds. The van der Waals surface area contributed by atoms with Crippen LogP contribution in [-0.4, -0.2) is 23.4 Å². The SMILES string of the molecule is Cc1ccccc1/C=C(\NC(=O)c1ccccc1)C(=O)Nc1ccc(SCC(=O)c2ccc(Cl)cc2Cl)cc1. The lowest BCUT2D eigenvalue weighted by Crippen LogP contribution is -2.30. The molecular formula is C31H24Cl2N2O3S. The molecule has 2 N–H and O–H groups in total. The second-order valence-electron chi connectivity index (χ2n) is 8.55. The van der Waals surface area contributed by atoms with Crippen molar-refractivity contribution < 1.29 is 14.4 Å². The Labute approximate surface area is 241 Å². The van der Waals surface area contributed by atoms with Crippen LogP contribution in [0.25, 0.3) is 6.08 Å². The molecule has 0 aromatic heterocycles. The van der Waals surface area contributed by atoms with E-state index >= 15 is 0 Å². The summed E-state index contributed by atoms with van der Waals surface area (Å²) in [5, 5.41) is 6.38. The quantitative estimate of drug-likeness (QED) is 0.122. The fraction of sp³-hybridized carbons (Fsp3) is 0.0645. The van der Waals surface area contributed by atoms with E-state index in [0.29, 0.717) is 26.9 Å². The number of rotatable bonds is 9. The van der Waals surface area contributed by atoms with Gasteiger partial charge in [-0.15, -0.1) is 11.8 Å². The minimum atomic E-state index is -0.463. The summed E-state index contributed by atoms with van der Waals surface area (Å²) in [6.07, 6.45) is 1.66. The Kier molecular flexibility index (Phi) is 9.60. The van der Waals surface area contributed by atoms with E-state index in [2.05, 4.69) is 10.6 Å². The summed E-state index contributed by atoms with van der Waals surface area (Å²) in [6, 6.07) is 28.2. The monoisotopic (exact) mass is 574 g/mol. The number of ketones is 1.